The smallest absolute Gasteiger partial charge is 0.407 e. The molecule has 0 spiro atoms. The number of alkyl carbamates (subject to hydrolysis) is 2. The lowest BCUT2D eigenvalue weighted by atomic mass is 9.97. The van der Waals surface area contributed by atoms with Gasteiger partial charge in [-0.25, -0.2) is 9.59 Å². The van der Waals surface area contributed by atoms with E-state index in [1.165, 1.54) is 36.5 Å². The van der Waals surface area contributed by atoms with E-state index in [-0.39, 0.29) is 47.7 Å². The number of ether oxygens (including phenoxy) is 2. The Balaban J connectivity index is 0.000000306. The van der Waals surface area contributed by atoms with E-state index < -0.39 is 30.3 Å². The van der Waals surface area contributed by atoms with Crippen LogP contribution in [0.1, 0.15) is 82.6 Å². The number of carbonyl (C=O) groups excluding carboxylic acids is 6. The van der Waals surface area contributed by atoms with Gasteiger partial charge >= 0.3 is 12.2 Å². The molecule has 14 nitrogen and oxygen atoms in total. The van der Waals surface area contributed by atoms with Crippen molar-refractivity contribution < 1.29 is 38.2 Å². The maximum Gasteiger partial charge on any atom is 0.407 e. The Morgan fingerprint density at radius 3 is 1.65 bits per heavy atom. The molecule has 6 rings (SSSR count). The van der Waals surface area contributed by atoms with Crippen molar-refractivity contribution in [2.24, 2.45) is 11.8 Å². The van der Waals surface area contributed by atoms with Gasteiger partial charge < -0.3 is 40.5 Å². The minimum absolute atomic E-state index is 0.00426. The van der Waals surface area contributed by atoms with E-state index >= 15 is 0 Å². The minimum atomic E-state index is -0.749. The molecule has 0 bridgehead atoms. The van der Waals surface area contributed by atoms with Crippen molar-refractivity contribution in [3.8, 4) is 11.1 Å². The summed E-state index contributed by atoms with van der Waals surface area (Å²) in [4.78, 5) is 76.3. The summed E-state index contributed by atoms with van der Waals surface area (Å²) in [6.07, 6.45) is 6.19. The van der Waals surface area contributed by atoms with Gasteiger partial charge in [0.25, 0.3) is 0 Å². The monoisotopic (exact) mass is 788 g/mol. The quantitative estimate of drug-likeness (QED) is 0.248. The zero-order valence-electron chi connectivity index (χ0n) is 34.4. The summed E-state index contributed by atoms with van der Waals surface area (Å²) in [6, 6.07) is 11.6. The number of amides is 6. The average Bonchev–Trinajstić information content (AvgIpc) is 4.01. The lowest BCUT2D eigenvalue weighted by molar-refractivity contribution is -0.141. The van der Waals surface area contributed by atoms with Gasteiger partial charge in [-0.05, 0) is 104 Å². The largest absolute Gasteiger partial charge is 0.453 e. The SMILES string of the molecule is COC(=O)NC(C(=O)N1CCC[C@H]1C(=O)NC1Cc2ccc(-c3ccc4c(c3)CC(NC=O)C4)cc2C1)C(C)C.COC(=O)NC(C(=O)N1CCC[C@H]1C)C(C)C. The number of rotatable bonds is 11. The fraction of sp³-hybridized carbons (Fsp3) is 0.581. The number of hydrogen-bond acceptors (Lipinski definition) is 8. The summed E-state index contributed by atoms with van der Waals surface area (Å²) >= 11 is 0. The van der Waals surface area contributed by atoms with E-state index in [9.17, 15) is 28.8 Å². The van der Waals surface area contributed by atoms with Crippen LogP contribution >= 0.6 is 0 Å². The van der Waals surface area contributed by atoms with Gasteiger partial charge in [0.15, 0.2) is 0 Å². The first-order valence-electron chi connectivity index (χ1n) is 20.3. The molecule has 2 fully saturated rings. The van der Waals surface area contributed by atoms with Crippen molar-refractivity contribution in [3.05, 3.63) is 58.7 Å². The van der Waals surface area contributed by atoms with E-state index in [4.69, 9.17) is 4.74 Å². The average molecular weight is 789 g/mol. The van der Waals surface area contributed by atoms with E-state index in [1.54, 1.807) is 4.90 Å². The van der Waals surface area contributed by atoms with Crippen LogP contribution in [0.5, 0.6) is 0 Å². The van der Waals surface area contributed by atoms with E-state index in [0.717, 1.165) is 69.0 Å². The predicted molar refractivity (Wildman–Crippen MR) is 215 cm³/mol. The number of likely N-dealkylation sites (tertiary alicyclic amines) is 2. The van der Waals surface area contributed by atoms with Gasteiger partial charge in [-0.2, -0.15) is 0 Å². The number of nitrogens with one attached hydrogen (secondary N) is 4. The van der Waals surface area contributed by atoms with Gasteiger partial charge in [-0.15, -0.1) is 0 Å². The van der Waals surface area contributed by atoms with Crippen LogP contribution in [0.15, 0.2) is 36.4 Å². The number of hydrogen-bond donors (Lipinski definition) is 4. The molecule has 2 aromatic carbocycles. The zero-order chi connectivity index (χ0) is 41.4. The highest BCUT2D eigenvalue weighted by molar-refractivity contribution is 5.92. The third kappa shape index (κ3) is 10.4. The third-order valence-corrected chi connectivity index (χ3v) is 11.7. The molecule has 0 saturated carbocycles. The number of nitrogens with zero attached hydrogens (tertiary/aromatic N) is 2. The number of fused-ring (bicyclic) bond motifs is 2. The molecule has 6 amide bonds. The van der Waals surface area contributed by atoms with Crippen LogP contribution in [0.25, 0.3) is 11.1 Å². The van der Waals surface area contributed by atoms with E-state index in [1.807, 2.05) is 39.5 Å². The zero-order valence-corrected chi connectivity index (χ0v) is 34.4. The summed E-state index contributed by atoms with van der Waals surface area (Å²) in [5, 5.41) is 11.3. The second kappa shape index (κ2) is 19.3. The first kappa shape index (κ1) is 43.0. The Morgan fingerprint density at radius 1 is 0.684 bits per heavy atom. The van der Waals surface area contributed by atoms with Crippen molar-refractivity contribution >= 4 is 36.3 Å². The third-order valence-electron chi connectivity index (χ3n) is 11.7. The van der Waals surface area contributed by atoms with Crippen LogP contribution in [0, 0.1) is 11.8 Å². The van der Waals surface area contributed by atoms with Crippen molar-refractivity contribution in [1.29, 1.82) is 0 Å². The van der Waals surface area contributed by atoms with Crippen molar-refractivity contribution in [2.45, 2.75) is 122 Å². The molecule has 14 heteroatoms. The number of methoxy groups -OCH3 is 2. The molecule has 4 aliphatic rings. The summed E-state index contributed by atoms with van der Waals surface area (Å²) in [5.74, 6) is -0.485. The van der Waals surface area contributed by atoms with Crippen LogP contribution < -0.4 is 21.3 Å². The standard InChI is InChI=1S/C31H38N4O5.C12H22N2O3/c1-18(2)28(34-31(39)40-3)30(38)35-10-4-5-27(35)29(37)33-26-14-22-9-7-20(12-24(22)16-26)19-6-8-21-13-25(32-17-36)15-23(21)11-19;1-8(2)10(13-12(16)17-4)11(15)14-7-5-6-9(14)3/h6-9,11-12,17-18,25-28H,4-5,10,13-16H2,1-3H3,(H,32,36)(H,33,37)(H,34,39);8-10H,5-7H2,1-4H3,(H,13,16)/t25?,26?,27-,28?;9-,10?/m01/s1. The predicted octanol–water partition coefficient (Wildman–Crippen LogP) is 3.90. The van der Waals surface area contributed by atoms with Crippen molar-refractivity contribution in [1.82, 2.24) is 31.1 Å². The lowest BCUT2D eigenvalue weighted by Crippen LogP contribution is -2.56. The fourth-order valence-corrected chi connectivity index (χ4v) is 8.53. The fourth-order valence-electron chi connectivity index (χ4n) is 8.53. The minimum Gasteiger partial charge on any atom is -0.453 e. The van der Waals surface area contributed by atoms with Crippen molar-refractivity contribution in [3.63, 3.8) is 0 Å². The Morgan fingerprint density at radius 2 is 1.16 bits per heavy atom. The van der Waals surface area contributed by atoms with Crippen LogP contribution in [0.2, 0.25) is 0 Å². The maximum atomic E-state index is 13.4. The molecule has 4 unspecified atom stereocenters. The van der Waals surface area contributed by atoms with Crippen LogP contribution in [0.3, 0.4) is 0 Å². The highest BCUT2D eigenvalue weighted by Crippen LogP contribution is 2.32. The Labute approximate surface area is 336 Å². The van der Waals surface area contributed by atoms with Gasteiger partial charge in [0, 0.05) is 31.2 Å². The molecular formula is C43H60N6O8. The highest BCUT2D eigenvalue weighted by Gasteiger charge is 2.40. The maximum absolute atomic E-state index is 13.4. The van der Waals surface area contributed by atoms with E-state index in [0.29, 0.717) is 13.0 Å². The Bertz CT molecular complexity index is 1800. The van der Waals surface area contributed by atoms with Crippen LogP contribution in [-0.2, 0) is 54.3 Å². The summed E-state index contributed by atoms with van der Waals surface area (Å²) in [7, 11) is 2.57. The number of benzene rings is 2. The van der Waals surface area contributed by atoms with Gasteiger partial charge in [-0.3, -0.25) is 19.2 Å². The number of carbonyl (C=O) groups is 6. The van der Waals surface area contributed by atoms with Gasteiger partial charge in [0.2, 0.25) is 24.1 Å². The van der Waals surface area contributed by atoms with Crippen LogP contribution in [0.4, 0.5) is 9.59 Å². The molecule has 0 radical (unpaired) electrons. The van der Waals surface area contributed by atoms with E-state index in [2.05, 4.69) is 62.4 Å². The molecule has 57 heavy (non-hydrogen) atoms. The van der Waals surface area contributed by atoms with Gasteiger partial charge in [0.05, 0.1) is 14.2 Å². The molecule has 2 aliphatic carbocycles. The normalized spacial score (nSPS) is 21.8. The second-order valence-corrected chi connectivity index (χ2v) is 16.4. The summed E-state index contributed by atoms with van der Waals surface area (Å²) in [6.45, 7) is 10.9. The molecule has 0 aromatic heterocycles. The van der Waals surface area contributed by atoms with Gasteiger partial charge in [-0.1, -0.05) is 64.1 Å². The molecule has 2 aliphatic heterocycles. The molecule has 2 heterocycles. The molecular weight excluding hydrogens is 729 g/mol. The first-order chi connectivity index (χ1) is 27.2. The van der Waals surface area contributed by atoms with Crippen LogP contribution in [-0.4, -0.2) is 110 Å². The molecule has 4 N–H and O–H groups in total. The Hall–Kier alpha value is -5.14. The molecule has 2 aromatic rings. The van der Waals surface area contributed by atoms with Gasteiger partial charge in [0.1, 0.15) is 18.1 Å². The Kier molecular flexibility index (Phi) is 14.6. The topological polar surface area (TPSA) is 175 Å². The lowest BCUT2D eigenvalue weighted by Gasteiger charge is -2.30. The first-order valence-corrected chi connectivity index (χ1v) is 20.3. The summed E-state index contributed by atoms with van der Waals surface area (Å²) in [5.41, 5.74) is 7.32. The molecule has 2 saturated heterocycles. The molecule has 310 valence electrons. The molecule has 6 atom stereocenters. The van der Waals surface area contributed by atoms with Crippen molar-refractivity contribution in [2.75, 3.05) is 27.3 Å². The summed E-state index contributed by atoms with van der Waals surface area (Å²) < 4.78 is 9.24. The highest BCUT2D eigenvalue weighted by atomic mass is 16.5. The second-order valence-electron chi connectivity index (χ2n) is 16.4.